The molecule has 0 fully saturated rings. The average Bonchev–Trinajstić information content (AvgIpc) is 2.22. The second-order valence-electron chi connectivity index (χ2n) is 4.40. The molecule has 0 spiro atoms. The highest BCUT2D eigenvalue weighted by Gasteiger charge is 2.01. The molecule has 6 heteroatoms. The SMILES string of the molecule is CC(C)CCNC(=O)CCCCCO[N+](=O)[O-]. The minimum absolute atomic E-state index is 0.0563. The maximum Gasteiger partial charge on any atom is 0.294 e. The van der Waals surface area contributed by atoms with Crippen molar-refractivity contribution >= 4 is 5.91 Å². The zero-order valence-corrected chi connectivity index (χ0v) is 10.6. The van der Waals surface area contributed by atoms with Crippen LogP contribution in [0.5, 0.6) is 0 Å². The number of amides is 1. The van der Waals surface area contributed by atoms with E-state index >= 15 is 0 Å². The van der Waals surface area contributed by atoms with Crippen molar-refractivity contribution in [1.29, 1.82) is 0 Å². The monoisotopic (exact) mass is 246 g/mol. The lowest BCUT2D eigenvalue weighted by molar-refractivity contribution is -0.757. The Kier molecular flexibility index (Phi) is 9.09. The first kappa shape index (κ1) is 15.7. The van der Waals surface area contributed by atoms with Gasteiger partial charge in [0.05, 0.1) is 6.61 Å². The molecule has 100 valence electrons. The highest BCUT2D eigenvalue weighted by Crippen LogP contribution is 2.01. The topological polar surface area (TPSA) is 81.5 Å². The summed E-state index contributed by atoms with van der Waals surface area (Å²) < 4.78 is 0. The van der Waals surface area contributed by atoms with Crippen molar-refractivity contribution in [3.8, 4) is 0 Å². The molecule has 0 saturated heterocycles. The van der Waals surface area contributed by atoms with Gasteiger partial charge in [-0.2, -0.15) is 0 Å². The van der Waals surface area contributed by atoms with Gasteiger partial charge < -0.3 is 10.2 Å². The maximum atomic E-state index is 11.3. The molecule has 0 aromatic heterocycles. The molecular formula is C11H22N2O4. The summed E-state index contributed by atoms with van der Waals surface area (Å²) in [6, 6.07) is 0. The molecule has 1 amide bonds. The van der Waals surface area contributed by atoms with E-state index in [-0.39, 0.29) is 12.5 Å². The standard InChI is InChI=1S/C11H22N2O4/c1-10(2)7-8-12-11(14)6-4-3-5-9-17-13(15)16/h10H,3-9H2,1-2H3,(H,12,14). The van der Waals surface area contributed by atoms with Crippen molar-refractivity contribution in [3.63, 3.8) is 0 Å². The molecule has 0 aliphatic rings. The van der Waals surface area contributed by atoms with Gasteiger partial charge in [0.15, 0.2) is 0 Å². The number of hydrogen-bond donors (Lipinski definition) is 1. The average molecular weight is 246 g/mol. The highest BCUT2D eigenvalue weighted by molar-refractivity contribution is 5.75. The minimum Gasteiger partial charge on any atom is -0.356 e. The fraction of sp³-hybridized carbons (Fsp3) is 0.909. The predicted molar refractivity (Wildman–Crippen MR) is 63.9 cm³/mol. The van der Waals surface area contributed by atoms with Gasteiger partial charge in [-0.25, -0.2) is 0 Å². The molecule has 1 N–H and O–H groups in total. The molecule has 0 atom stereocenters. The van der Waals surface area contributed by atoms with Crippen LogP contribution in [0.2, 0.25) is 0 Å². The van der Waals surface area contributed by atoms with Gasteiger partial charge in [-0.1, -0.05) is 20.3 Å². The molecule has 0 aromatic rings. The van der Waals surface area contributed by atoms with Crippen molar-refractivity contribution in [2.24, 2.45) is 5.92 Å². The van der Waals surface area contributed by atoms with Crippen LogP contribution in [0.1, 0.15) is 46.0 Å². The molecule has 6 nitrogen and oxygen atoms in total. The van der Waals surface area contributed by atoms with Gasteiger partial charge in [0.2, 0.25) is 5.91 Å². The van der Waals surface area contributed by atoms with Crippen LogP contribution in [-0.4, -0.2) is 24.1 Å². The van der Waals surface area contributed by atoms with E-state index < -0.39 is 5.09 Å². The predicted octanol–water partition coefficient (Wildman–Crippen LogP) is 1.92. The van der Waals surface area contributed by atoms with E-state index in [1.54, 1.807) is 0 Å². The number of carbonyl (C=O) groups is 1. The fourth-order valence-corrected chi connectivity index (χ4v) is 1.29. The molecule has 0 unspecified atom stereocenters. The lowest BCUT2D eigenvalue weighted by atomic mass is 10.1. The van der Waals surface area contributed by atoms with Crippen molar-refractivity contribution in [3.05, 3.63) is 10.1 Å². The van der Waals surface area contributed by atoms with Crippen LogP contribution in [0.3, 0.4) is 0 Å². The number of carbonyl (C=O) groups excluding carboxylic acids is 1. The van der Waals surface area contributed by atoms with Crippen LogP contribution in [0.25, 0.3) is 0 Å². The summed E-state index contributed by atoms with van der Waals surface area (Å²) in [5, 5.41) is 11.9. The Morgan fingerprint density at radius 2 is 2.06 bits per heavy atom. The largest absolute Gasteiger partial charge is 0.356 e. The van der Waals surface area contributed by atoms with Gasteiger partial charge in [-0.3, -0.25) is 4.79 Å². The van der Waals surface area contributed by atoms with Crippen molar-refractivity contribution in [2.75, 3.05) is 13.2 Å². The van der Waals surface area contributed by atoms with Crippen molar-refractivity contribution in [2.45, 2.75) is 46.0 Å². The molecule has 0 bridgehead atoms. The van der Waals surface area contributed by atoms with Gasteiger partial charge in [0.25, 0.3) is 5.09 Å². The van der Waals surface area contributed by atoms with Crippen LogP contribution >= 0.6 is 0 Å². The van der Waals surface area contributed by atoms with Gasteiger partial charge in [0.1, 0.15) is 0 Å². The van der Waals surface area contributed by atoms with Gasteiger partial charge >= 0.3 is 0 Å². The molecule has 17 heavy (non-hydrogen) atoms. The van der Waals surface area contributed by atoms with Gasteiger partial charge in [-0.05, 0) is 25.2 Å². The smallest absolute Gasteiger partial charge is 0.294 e. The Morgan fingerprint density at radius 3 is 2.65 bits per heavy atom. The highest BCUT2D eigenvalue weighted by atomic mass is 16.9. The number of nitrogens with one attached hydrogen (secondary N) is 1. The molecule has 0 aromatic carbocycles. The summed E-state index contributed by atoms with van der Waals surface area (Å²) in [4.78, 5) is 25.3. The van der Waals surface area contributed by atoms with E-state index in [2.05, 4.69) is 24.0 Å². The number of rotatable bonds is 10. The normalized spacial score (nSPS) is 10.3. The third-order valence-electron chi connectivity index (χ3n) is 2.29. The Bertz CT molecular complexity index is 232. The van der Waals surface area contributed by atoms with E-state index in [4.69, 9.17) is 0 Å². The van der Waals surface area contributed by atoms with Crippen LogP contribution in [0.15, 0.2) is 0 Å². The van der Waals surface area contributed by atoms with E-state index in [1.807, 2.05) is 0 Å². The maximum absolute atomic E-state index is 11.3. The zero-order valence-electron chi connectivity index (χ0n) is 10.6. The molecule has 0 heterocycles. The Morgan fingerprint density at radius 1 is 1.35 bits per heavy atom. The first-order chi connectivity index (χ1) is 8.02. The third kappa shape index (κ3) is 12.6. The Labute approximate surface area is 102 Å². The summed E-state index contributed by atoms with van der Waals surface area (Å²) in [5.41, 5.74) is 0. The first-order valence-electron chi connectivity index (χ1n) is 6.06. The van der Waals surface area contributed by atoms with E-state index in [0.29, 0.717) is 18.8 Å². The van der Waals surface area contributed by atoms with Gasteiger partial charge in [-0.15, -0.1) is 10.1 Å². The van der Waals surface area contributed by atoms with Crippen LogP contribution in [0, 0.1) is 16.0 Å². The number of hydrogen-bond acceptors (Lipinski definition) is 4. The molecule has 0 rings (SSSR count). The molecular weight excluding hydrogens is 224 g/mol. The number of nitrogens with zero attached hydrogens (tertiary/aromatic N) is 1. The second-order valence-corrected chi connectivity index (χ2v) is 4.40. The van der Waals surface area contributed by atoms with Crippen molar-refractivity contribution in [1.82, 2.24) is 5.32 Å². The number of unbranched alkanes of at least 4 members (excludes halogenated alkanes) is 2. The van der Waals surface area contributed by atoms with E-state index in [9.17, 15) is 14.9 Å². The summed E-state index contributed by atoms with van der Waals surface area (Å²) in [7, 11) is 0. The van der Waals surface area contributed by atoms with Crippen LogP contribution in [-0.2, 0) is 9.63 Å². The summed E-state index contributed by atoms with van der Waals surface area (Å²) in [5.74, 6) is 0.649. The van der Waals surface area contributed by atoms with Crippen molar-refractivity contribution < 1.29 is 14.7 Å². The van der Waals surface area contributed by atoms with Crippen LogP contribution in [0.4, 0.5) is 0 Å². The summed E-state index contributed by atoms with van der Waals surface area (Å²) in [6.07, 6.45) is 3.60. The second kappa shape index (κ2) is 9.86. The van der Waals surface area contributed by atoms with E-state index in [0.717, 1.165) is 25.8 Å². The Hall–Kier alpha value is -1.33. The summed E-state index contributed by atoms with van der Waals surface area (Å²) in [6.45, 7) is 5.06. The van der Waals surface area contributed by atoms with E-state index in [1.165, 1.54) is 0 Å². The van der Waals surface area contributed by atoms with Gasteiger partial charge in [0, 0.05) is 13.0 Å². The summed E-state index contributed by atoms with van der Waals surface area (Å²) >= 11 is 0. The zero-order chi connectivity index (χ0) is 13.1. The molecule has 0 radical (unpaired) electrons. The molecule has 0 saturated carbocycles. The quantitative estimate of drug-likeness (QED) is 0.362. The Balaban J connectivity index is 3.24. The fourth-order valence-electron chi connectivity index (χ4n) is 1.29. The molecule has 0 aliphatic heterocycles. The lowest BCUT2D eigenvalue weighted by Gasteiger charge is -2.06. The van der Waals surface area contributed by atoms with Crippen LogP contribution < -0.4 is 5.32 Å². The first-order valence-corrected chi connectivity index (χ1v) is 6.06. The molecule has 0 aliphatic carbocycles. The lowest BCUT2D eigenvalue weighted by Crippen LogP contribution is -2.24. The third-order valence-corrected chi connectivity index (χ3v) is 2.29. The minimum atomic E-state index is -0.793.